The summed E-state index contributed by atoms with van der Waals surface area (Å²) in [5, 5.41) is 1.75. The Morgan fingerprint density at radius 3 is 2.50 bits per heavy atom. The third-order valence-corrected chi connectivity index (χ3v) is 4.18. The Hall–Kier alpha value is -2.23. The van der Waals surface area contributed by atoms with Gasteiger partial charge in [0.05, 0.1) is 23.5 Å². The van der Waals surface area contributed by atoms with Crippen LogP contribution >= 0.6 is 0 Å². The molecule has 3 aromatic rings. The minimum absolute atomic E-state index is 0.0253. The molecule has 0 aliphatic rings. The van der Waals surface area contributed by atoms with E-state index >= 15 is 0 Å². The van der Waals surface area contributed by atoms with Gasteiger partial charge in [-0.25, -0.2) is 0 Å². The number of hydrogen-bond acceptors (Lipinski definition) is 2. The molecule has 0 bridgehead atoms. The first kappa shape index (κ1) is 12.8. The number of nitrogens with zero attached hydrogens (tertiary/aromatic N) is 1. The van der Waals surface area contributed by atoms with E-state index in [1.807, 2.05) is 20.0 Å². The first-order valence-corrected chi connectivity index (χ1v) is 6.62. The topological polar surface area (TPSA) is 47.0 Å². The second-order valence-corrected chi connectivity index (χ2v) is 5.31. The first-order chi connectivity index (χ1) is 9.45. The molecule has 0 unspecified atom stereocenters. The van der Waals surface area contributed by atoms with Gasteiger partial charge in [0.25, 0.3) is 0 Å². The maximum atomic E-state index is 12.2. The molecule has 0 atom stereocenters. The summed E-state index contributed by atoms with van der Waals surface area (Å²) in [5.74, 6) is 0.733. The Kier molecular flexibility index (Phi) is 2.64. The lowest BCUT2D eigenvalue weighted by molar-refractivity contribution is 0.421. The van der Waals surface area contributed by atoms with Crippen LogP contribution in [0.3, 0.4) is 0 Å². The maximum absolute atomic E-state index is 12.2. The quantitative estimate of drug-likeness (QED) is 0.739. The van der Waals surface area contributed by atoms with Crippen molar-refractivity contribution in [1.82, 2.24) is 9.55 Å². The van der Waals surface area contributed by atoms with Crippen LogP contribution in [0.2, 0.25) is 0 Å². The van der Waals surface area contributed by atoms with Crippen LogP contribution in [0.25, 0.3) is 21.8 Å². The van der Waals surface area contributed by atoms with Crippen molar-refractivity contribution >= 4 is 21.8 Å². The number of methoxy groups -OCH3 is 1. The summed E-state index contributed by atoms with van der Waals surface area (Å²) in [7, 11) is 3.67. The van der Waals surface area contributed by atoms with E-state index in [9.17, 15) is 4.79 Å². The second-order valence-electron chi connectivity index (χ2n) is 5.31. The van der Waals surface area contributed by atoms with Gasteiger partial charge in [-0.3, -0.25) is 4.79 Å². The zero-order chi connectivity index (χ0) is 14.6. The second kappa shape index (κ2) is 4.13. The molecule has 1 aromatic carbocycles. The molecule has 0 aliphatic carbocycles. The molecule has 1 N–H and O–H groups in total. The highest BCUT2D eigenvalue weighted by molar-refractivity contribution is 6.04. The number of pyridine rings is 1. The maximum Gasteiger partial charge on any atom is 0.189 e. The monoisotopic (exact) mass is 270 g/mol. The van der Waals surface area contributed by atoms with Crippen LogP contribution in [0.1, 0.15) is 17.0 Å². The van der Waals surface area contributed by atoms with Gasteiger partial charge in [0.2, 0.25) is 0 Å². The lowest BCUT2D eigenvalue weighted by atomic mass is 10.1. The van der Waals surface area contributed by atoms with Crippen LogP contribution in [-0.2, 0) is 7.05 Å². The molecule has 4 nitrogen and oxygen atoms in total. The van der Waals surface area contributed by atoms with E-state index in [1.165, 1.54) is 11.3 Å². The first-order valence-electron chi connectivity index (χ1n) is 6.62. The average molecular weight is 270 g/mol. The van der Waals surface area contributed by atoms with Crippen LogP contribution in [0.15, 0.2) is 16.9 Å². The molecule has 0 aliphatic heterocycles. The minimum atomic E-state index is 0.0253. The van der Waals surface area contributed by atoms with Gasteiger partial charge in [-0.15, -0.1) is 0 Å². The van der Waals surface area contributed by atoms with Crippen molar-refractivity contribution in [2.24, 2.45) is 7.05 Å². The molecule has 0 saturated carbocycles. The highest BCUT2D eigenvalue weighted by Gasteiger charge is 2.17. The standard InChI is InChI=1S/C16H18N2O2/c1-8-6-13(19)12-7-11-9(2)10(3)18(4)15(11)16(20-5)14(12)17-8/h6-7H,1-5H3,(H,17,19). The zero-order valence-corrected chi connectivity index (χ0v) is 12.4. The van der Waals surface area contributed by atoms with Crippen molar-refractivity contribution in [3.63, 3.8) is 0 Å². The van der Waals surface area contributed by atoms with Crippen molar-refractivity contribution in [2.75, 3.05) is 7.11 Å². The van der Waals surface area contributed by atoms with Gasteiger partial charge >= 0.3 is 0 Å². The number of aromatic nitrogens is 2. The molecule has 4 heteroatoms. The Bertz CT molecular complexity index is 901. The van der Waals surface area contributed by atoms with E-state index in [0.29, 0.717) is 5.39 Å². The van der Waals surface area contributed by atoms with E-state index in [2.05, 4.69) is 23.4 Å². The largest absolute Gasteiger partial charge is 0.492 e. The lowest BCUT2D eigenvalue weighted by Crippen LogP contribution is -2.05. The summed E-state index contributed by atoms with van der Waals surface area (Å²) in [6, 6.07) is 3.59. The number of fused-ring (bicyclic) bond motifs is 2. The average Bonchev–Trinajstić information content (AvgIpc) is 2.62. The number of nitrogens with one attached hydrogen (secondary N) is 1. The highest BCUT2D eigenvalue weighted by atomic mass is 16.5. The molecule has 20 heavy (non-hydrogen) atoms. The van der Waals surface area contributed by atoms with Crippen molar-refractivity contribution in [3.8, 4) is 5.75 Å². The number of aromatic amines is 1. The molecule has 0 amide bonds. The predicted molar refractivity (Wildman–Crippen MR) is 81.8 cm³/mol. The number of rotatable bonds is 1. The van der Waals surface area contributed by atoms with Gasteiger partial charge in [0, 0.05) is 29.9 Å². The minimum Gasteiger partial charge on any atom is -0.492 e. The third-order valence-electron chi connectivity index (χ3n) is 4.18. The molecule has 0 spiro atoms. The predicted octanol–water partition coefficient (Wildman–Crippen LogP) is 2.95. The molecular formula is C16H18N2O2. The van der Waals surface area contributed by atoms with Crippen LogP contribution in [0, 0.1) is 20.8 Å². The molecule has 0 fully saturated rings. The molecule has 2 heterocycles. The van der Waals surface area contributed by atoms with E-state index in [1.54, 1.807) is 13.2 Å². The summed E-state index contributed by atoms with van der Waals surface area (Å²) in [5.41, 5.74) is 5.02. The summed E-state index contributed by atoms with van der Waals surface area (Å²) in [4.78, 5) is 15.5. The summed E-state index contributed by atoms with van der Waals surface area (Å²) < 4.78 is 7.72. The smallest absolute Gasteiger partial charge is 0.189 e. The summed E-state index contributed by atoms with van der Waals surface area (Å²) in [6.07, 6.45) is 0. The number of hydrogen-bond donors (Lipinski definition) is 1. The van der Waals surface area contributed by atoms with Crippen LogP contribution in [0.4, 0.5) is 0 Å². The Morgan fingerprint density at radius 2 is 1.85 bits per heavy atom. The summed E-state index contributed by atoms with van der Waals surface area (Å²) in [6.45, 7) is 6.03. The molecular weight excluding hydrogens is 252 g/mol. The van der Waals surface area contributed by atoms with Crippen LogP contribution in [0.5, 0.6) is 5.75 Å². The Labute approximate surface area is 117 Å². The molecule has 2 aromatic heterocycles. The van der Waals surface area contributed by atoms with E-state index in [-0.39, 0.29) is 5.43 Å². The fourth-order valence-corrected chi connectivity index (χ4v) is 2.91. The molecule has 3 rings (SSSR count). The van der Waals surface area contributed by atoms with E-state index < -0.39 is 0 Å². The van der Waals surface area contributed by atoms with Gasteiger partial charge in [0.1, 0.15) is 0 Å². The van der Waals surface area contributed by atoms with Crippen LogP contribution < -0.4 is 10.2 Å². The van der Waals surface area contributed by atoms with Gasteiger partial charge in [-0.2, -0.15) is 0 Å². The van der Waals surface area contributed by atoms with E-state index in [4.69, 9.17) is 4.74 Å². The SMILES string of the molecule is COc1c2[nH]c(C)cc(=O)c2cc2c(C)c(C)n(C)c12. The van der Waals surface area contributed by atoms with Gasteiger partial charge in [0.15, 0.2) is 11.2 Å². The third kappa shape index (κ3) is 1.51. The Balaban J connectivity index is 2.68. The zero-order valence-electron chi connectivity index (χ0n) is 12.4. The number of benzene rings is 1. The van der Waals surface area contributed by atoms with E-state index in [0.717, 1.165) is 27.9 Å². The number of aryl methyl sites for hydroxylation is 3. The summed E-state index contributed by atoms with van der Waals surface area (Å²) >= 11 is 0. The van der Waals surface area contributed by atoms with Crippen molar-refractivity contribution in [2.45, 2.75) is 20.8 Å². The molecule has 0 saturated heterocycles. The van der Waals surface area contributed by atoms with Crippen molar-refractivity contribution in [3.05, 3.63) is 39.3 Å². The number of ether oxygens (including phenoxy) is 1. The van der Waals surface area contributed by atoms with Gasteiger partial charge in [-0.1, -0.05) is 0 Å². The lowest BCUT2D eigenvalue weighted by Gasteiger charge is -2.10. The van der Waals surface area contributed by atoms with Gasteiger partial charge in [-0.05, 0) is 32.4 Å². The molecule has 0 radical (unpaired) electrons. The van der Waals surface area contributed by atoms with Crippen molar-refractivity contribution in [1.29, 1.82) is 0 Å². The van der Waals surface area contributed by atoms with Gasteiger partial charge < -0.3 is 14.3 Å². The highest BCUT2D eigenvalue weighted by Crippen LogP contribution is 2.36. The Morgan fingerprint density at radius 1 is 1.15 bits per heavy atom. The molecule has 104 valence electrons. The fourth-order valence-electron chi connectivity index (χ4n) is 2.91. The van der Waals surface area contributed by atoms with Crippen molar-refractivity contribution < 1.29 is 4.74 Å². The number of H-pyrrole nitrogens is 1. The fraction of sp³-hybridized carbons (Fsp3) is 0.312. The van der Waals surface area contributed by atoms with Crippen LogP contribution in [-0.4, -0.2) is 16.7 Å². The normalized spacial score (nSPS) is 11.4.